The molecule has 0 aliphatic heterocycles. The van der Waals surface area contributed by atoms with E-state index in [0.717, 1.165) is 21.6 Å². The second-order valence-electron chi connectivity index (χ2n) is 4.46. The Labute approximate surface area is 123 Å². The van der Waals surface area contributed by atoms with Crippen molar-refractivity contribution in [1.82, 2.24) is 19.4 Å². The summed E-state index contributed by atoms with van der Waals surface area (Å²) in [5.41, 5.74) is 2.68. The van der Waals surface area contributed by atoms with E-state index in [1.807, 2.05) is 28.7 Å². The van der Waals surface area contributed by atoms with Crippen LogP contribution in [0.5, 0.6) is 0 Å². The maximum absolute atomic E-state index is 13.8. The third-order valence-corrected chi connectivity index (χ3v) is 4.21. The molecule has 0 atom stereocenters. The van der Waals surface area contributed by atoms with Gasteiger partial charge in [0.1, 0.15) is 5.03 Å². The molecule has 6 heteroatoms. The molecule has 1 aromatic carbocycles. The number of imidazole rings is 1. The van der Waals surface area contributed by atoms with Crippen LogP contribution >= 0.6 is 11.8 Å². The normalized spacial score (nSPS) is 11.3. The van der Waals surface area contributed by atoms with Crippen molar-refractivity contribution in [3.8, 4) is 0 Å². The molecule has 0 saturated carbocycles. The monoisotopic (exact) mass is 296 g/mol. The number of rotatable bonds is 2. The zero-order chi connectivity index (χ0) is 14.2. The Kier molecular flexibility index (Phi) is 2.82. The second kappa shape index (κ2) is 4.82. The molecular formula is C15H9FN4S. The van der Waals surface area contributed by atoms with E-state index >= 15 is 0 Å². The fourth-order valence-electron chi connectivity index (χ4n) is 2.20. The zero-order valence-corrected chi connectivity index (χ0v) is 11.6. The van der Waals surface area contributed by atoms with Crippen LogP contribution in [0.15, 0.2) is 65.2 Å². The molecule has 4 nitrogen and oxygen atoms in total. The molecule has 0 radical (unpaired) electrons. The van der Waals surface area contributed by atoms with Gasteiger partial charge < -0.3 is 0 Å². The molecule has 0 bridgehead atoms. The van der Waals surface area contributed by atoms with Gasteiger partial charge in [-0.3, -0.25) is 9.38 Å². The van der Waals surface area contributed by atoms with Crippen molar-refractivity contribution >= 4 is 28.3 Å². The summed E-state index contributed by atoms with van der Waals surface area (Å²) in [5.74, 6) is -0.352. The molecule has 0 saturated heterocycles. The van der Waals surface area contributed by atoms with Gasteiger partial charge >= 0.3 is 0 Å². The Balaban J connectivity index is 1.95. The van der Waals surface area contributed by atoms with Crippen molar-refractivity contribution < 1.29 is 4.39 Å². The summed E-state index contributed by atoms with van der Waals surface area (Å²) in [6.07, 6.45) is 6.25. The lowest BCUT2D eigenvalue weighted by molar-refractivity contribution is 0.595. The Morgan fingerprint density at radius 3 is 2.81 bits per heavy atom. The van der Waals surface area contributed by atoms with Crippen molar-refractivity contribution in [3.63, 3.8) is 0 Å². The Morgan fingerprint density at radius 1 is 1.00 bits per heavy atom. The van der Waals surface area contributed by atoms with E-state index in [-0.39, 0.29) is 5.82 Å². The highest BCUT2D eigenvalue weighted by atomic mass is 32.2. The molecular weight excluding hydrogens is 287 g/mol. The van der Waals surface area contributed by atoms with Crippen molar-refractivity contribution in [3.05, 3.63) is 61.1 Å². The summed E-state index contributed by atoms with van der Waals surface area (Å²) >= 11 is 1.28. The number of hydrogen-bond acceptors (Lipinski definition) is 4. The molecule has 4 rings (SSSR count). The summed E-state index contributed by atoms with van der Waals surface area (Å²) in [6, 6.07) is 9.45. The molecule has 4 aromatic rings. The van der Waals surface area contributed by atoms with E-state index in [1.165, 1.54) is 18.0 Å². The molecule has 0 aliphatic carbocycles. The fourth-order valence-corrected chi connectivity index (χ4v) is 3.09. The molecule has 0 unspecified atom stereocenters. The van der Waals surface area contributed by atoms with E-state index < -0.39 is 0 Å². The van der Waals surface area contributed by atoms with Crippen LogP contribution in [0.2, 0.25) is 0 Å². The number of benzene rings is 1. The van der Waals surface area contributed by atoms with Crippen molar-refractivity contribution in [2.45, 2.75) is 9.92 Å². The largest absolute Gasteiger partial charge is 0.295 e. The van der Waals surface area contributed by atoms with E-state index in [1.54, 1.807) is 24.8 Å². The van der Waals surface area contributed by atoms with E-state index in [4.69, 9.17) is 0 Å². The lowest BCUT2D eigenvalue weighted by atomic mass is 10.3. The molecule has 0 amide bonds. The summed E-state index contributed by atoms with van der Waals surface area (Å²) in [7, 11) is 0. The standard InChI is InChI=1S/C15H9FN4S/c16-10-7-17-6-5-14(10)21-15-13-8-18-9-20(13)12-4-2-1-3-11(12)19-15/h1-9H. The highest BCUT2D eigenvalue weighted by Gasteiger charge is 2.12. The molecule has 0 N–H and O–H groups in total. The zero-order valence-electron chi connectivity index (χ0n) is 10.8. The lowest BCUT2D eigenvalue weighted by Gasteiger charge is -2.07. The minimum atomic E-state index is -0.352. The van der Waals surface area contributed by atoms with Gasteiger partial charge in [-0.05, 0) is 18.2 Å². The van der Waals surface area contributed by atoms with Crippen molar-refractivity contribution in [2.75, 3.05) is 0 Å². The van der Waals surface area contributed by atoms with Crippen LogP contribution in [0.1, 0.15) is 0 Å². The van der Waals surface area contributed by atoms with E-state index in [9.17, 15) is 4.39 Å². The van der Waals surface area contributed by atoms with Crippen LogP contribution in [-0.2, 0) is 0 Å². The van der Waals surface area contributed by atoms with Gasteiger partial charge in [0.15, 0.2) is 5.82 Å². The van der Waals surface area contributed by atoms with Gasteiger partial charge in [0.05, 0.1) is 40.2 Å². The molecule has 0 spiro atoms. The highest BCUT2D eigenvalue weighted by Crippen LogP contribution is 2.32. The van der Waals surface area contributed by atoms with Gasteiger partial charge in [-0.2, -0.15) is 0 Å². The maximum atomic E-state index is 13.8. The first-order chi connectivity index (χ1) is 10.3. The fraction of sp³-hybridized carbons (Fsp3) is 0. The van der Waals surface area contributed by atoms with Crippen molar-refractivity contribution in [1.29, 1.82) is 0 Å². The number of para-hydroxylation sites is 2. The number of fused-ring (bicyclic) bond motifs is 3. The minimum Gasteiger partial charge on any atom is -0.295 e. The predicted molar refractivity (Wildman–Crippen MR) is 78.8 cm³/mol. The van der Waals surface area contributed by atoms with Gasteiger partial charge in [0.2, 0.25) is 0 Å². The van der Waals surface area contributed by atoms with Gasteiger partial charge in [-0.15, -0.1) is 0 Å². The third kappa shape index (κ3) is 2.04. The summed E-state index contributed by atoms with van der Waals surface area (Å²) in [5, 5.41) is 0.719. The van der Waals surface area contributed by atoms with E-state index in [2.05, 4.69) is 15.0 Å². The topological polar surface area (TPSA) is 43.1 Å². The third-order valence-electron chi connectivity index (χ3n) is 3.16. The summed E-state index contributed by atoms with van der Waals surface area (Å²) in [6.45, 7) is 0. The number of aromatic nitrogens is 4. The van der Waals surface area contributed by atoms with E-state index in [0.29, 0.717) is 4.90 Å². The quantitative estimate of drug-likeness (QED) is 0.567. The van der Waals surface area contributed by atoms with Crippen LogP contribution in [0.4, 0.5) is 4.39 Å². The maximum Gasteiger partial charge on any atom is 0.155 e. The first kappa shape index (κ1) is 12.3. The van der Waals surface area contributed by atoms with Crippen LogP contribution in [0.25, 0.3) is 16.6 Å². The smallest absolute Gasteiger partial charge is 0.155 e. The van der Waals surface area contributed by atoms with Gasteiger partial charge in [0, 0.05) is 6.20 Å². The average molecular weight is 296 g/mol. The minimum absolute atomic E-state index is 0.352. The van der Waals surface area contributed by atoms with Crippen LogP contribution in [-0.4, -0.2) is 19.4 Å². The molecule has 21 heavy (non-hydrogen) atoms. The molecule has 0 fully saturated rings. The number of nitrogens with zero attached hydrogens (tertiary/aromatic N) is 4. The van der Waals surface area contributed by atoms with Crippen LogP contribution < -0.4 is 0 Å². The first-order valence-electron chi connectivity index (χ1n) is 6.31. The molecule has 0 aliphatic rings. The Hall–Kier alpha value is -2.47. The highest BCUT2D eigenvalue weighted by molar-refractivity contribution is 7.99. The number of halogens is 1. The summed E-state index contributed by atoms with van der Waals surface area (Å²) in [4.78, 5) is 13.1. The lowest BCUT2D eigenvalue weighted by Crippen LogP contribution is -1.93. The predicted octanol–water partition coefficient (Wildman–Crippen LogP) is 3.57. The number of pyridine rings is 1. The molecule has 3 heterocycles. The van der Waals surface area contributed by atoms with Gasteiger partial charge in [-0.25, -0.2) is 14.4 Å². The first-order valence-corrected chi connectivity index (χ1v) is 7.13. The Bertz CT molecular complexity index is 951. The van der Waals surface area contributed by atoms with Crippen molar-refractivity contribution in [2.24, 2.45) is 0 Å². The Morgan fingerprint density at radius 2 is 1.90 bits per heavy atom. The molecule has 102 valence electrons. The summed E-state index contributed by atoms with van der Waals surface area (Å²) < 4.78 is 15.7. The number of hydrogen-bond donors (Lipinski definition) is 0. The average Bonchev–Trinajstić information content (AvgIpc) is 3.00. The molecule has 3 aromatic heterocycles. The van der Waals surface area contributed by atoms with Gasteiger partial charge in [-0.1, -0.05) is 23.9 Å². The van der Waals surface area contributed by atoms with Crippen LogP contribution in [0, 0.1) is 5.82 Å². The SMILES string of the molecule is Fc1cnccc1Sc1nc2ccccc2n2cncc12. The second-order valence-corrected chi connectivity index (χ2v) is 5.49. The van der Waals surface area contributed by atoms with Gasteiger partial charge in [0.25, 0.3) is 0 Å². The van der Waals surface area contributed by atoms with Crippen LogP contribution in [0.3, 0.4) is 0 Å².